The van der Waals surface area contributed by atoms with Crippen molar-refractivity contribution in [1.82, 2.24) is 4.90 Å². The van der Waals surface area contributed by atoms with Crippen LogP contribution >= 0.6 is 11.6 Å². The van der Waals surface area contributed by atoms with Gasteiger partial charge >= 0.3 is 0 Å². The number of carbonyl (C=O) groups is 1. The highest BCUT2D eigenvalue weighted by atomic mass is 35.5. The van der Waals surface area contributed by atoms with Gasteiger partial charge in [0.1, 0.15) is 17.3 Å². The first-order valence-corrected chi connectivity index (χ1v) is 9.83. The lowest BCUT2D eigenvalue weighted by Gasteiger charge is -2.30. The fraction of sp³-hybridized carbons (Fsp3) is 0.409. The highest BCUT2D eigenvalue weighted by Crippen LogP contribution is 2.34. The van der Waals surface area contributed by atoms with E-state index in [4.69, 9.17) is 21.1 Å². The van der Waals surface area contributed by atoms with E-state index in [1.54, 1.807) is 30.2 Å². The van der Waals surface area contributed by atoms with Crippen LogP contribution in [-0.4, -0.2) is 31.1 Å². The van der Waals surface area contributed by atoms with E-state index >= 15 is 0 Å². The van der Waals surface area contributed by atoms with E-state index < -0.39 is 5.82 Å². The molecule has 28 heavy (non-hydrogen) atoms. The summed E-state index contributed by atoms with van der Waals surface area (Å²) in [5.74, 6) is 1.20. The summed E-state index contributed by atoms with van der Waals surface area (Å²) in [4.78, 5) is 14.9. The van der Waals surface area contributed by atoms with Crippen LogP contribution in [0.5, 0.6) is 11.5 Å². The number of amides is 1. The Morgan fingerprint density at radius 2 is 2.04 bits per heavy atom. The highest BCUT2D eigenvalue weighted by molar-refractivity contribution is 6.30. The van der Waals surface area contributed by atoms with Gasteiger partial charge < -0.3 is 14.4 Å². The Balaban J connectivity index is 1.85. The van der Waals surface area contributed by atoms with Crippen LogP contribution in [0.4, 0.5) is 4.39 Å². The molecule has 0 aliphatic carbocycles. The predicted molar refractivity (Wildman–Crippen MR) is 108 cm³/mol. The molecule has 150 valence electrons. The summed E-state index contributed by atoms with van der Waals surface area (Å²) in [5.41, 5.74) is 2.31. The molecule has 0 unspecified atom stereocenters. The third kappa shape index (κ3) is 4.58. The van der Waals surface area contributed by atoms with Gasteiger partial charge in [0.25, 0.3) is 5.91 Å². The number of halogens is 2. The second-order valence-electron chi connectivity index (χ2n) is 7.42. The van der Waals surface area contributed by atoms with Crippen molar-refractivity contribution in [2.75, 3.05) is 20.3 Å². The molecule has 1 aliphatic rings. The first-order valence-electron chi connectivity index (χ1n) is 9.46. The molecule has 0 bridgehead atoms. The molecule has 0 radical (unpaired) electrons. The first-order chi connectivity index (χ1) is 13.4. The predicted octanol–water partition coefficient (Wildman–Crippen LogP) is 5.11. The Kier molecular flexibility index (Phi) is 6.45. The maximum atomic E-state index is 13.4. The van der Waals surface area contributed by atoms with Gasteiger partial charge in [-0.05, 0) is 48.1 Å². The van der Waals surface area contributed by atoms with Crippen molar-refractivity contribution in [2.45, 2.75) is 33.2 Å². The van der Waals surface area contributed by atoms with E-state index in [0.29, 0.717) is 49.1 Å². The standard InChI is InChI=1S/C22H25ClFNO3/c1-14(2)7-9-28-20-12-17(27-3)11-16-6-8-25(22(26)21(16)20)13-15-4-5-19(24)18(23)10-15/h4-5,10-12,14H,6-9,13H2,1-3H3. The van der Waals surface area contributed by atoms with Crippen LogP contribution in [-0.2, 0) is 13.0 Å². The average molecular weight is 406 g/mol. The van der Waals surface area contributed by atoms with Crippen LogP contribution in [0.25, 0.3) is 0 Å². The molecule has 1 heterocycles. The smallest absolute Gasteiger partial charge is 0.258 e. The summed E-state index contributed by atoms with van der Waals surface area (Å²) in [7, 11) is 1.61. The van der Waals surface area contributed by atoms with Gasteiger partial charge in [0, 0.05) is 19.2 Å². The minimum absolute atomic E-state index is 0.0600. The number of benzene rings is 2. The van der Waals surface area contributed by atoms with Gasteiger partial charge in [0.15, 0.2) is 0 Å². The fourth-order valence-corrected chi connectivity index (χ4v) is 3.45. The van der Waals surface area contributed by atoms with Crippen LogP contribution in [0, 0.1) is 11.7 Å². The monoisotopic (exact) mass is 405 g/mol. The SMILES string of the molecule is COc1cc2c(c(OCCC(C)C)c1)C(=O)N(Cc1ccc(F)c(Cl)c1)CC2. The Hall–Kier alpha value is -2.27. The number of carbonyl (C=O) groups excluding carboxylic acids is 1. The third-order valence-electron chi connectivity index (χ3n) is 4.86. The third-order valence-corrected chi connectivity index (χ3v) is 5.15. The molecule has 2 aromatic rings. The average Bonchev–Trinajstić information content (AvgIpc) is 2.66. The molecule has 0 spiro atoms. The van der Waals surface area contributed by atoms with Gasteiger partial charge in [-0.15, -0.1) is 0 Å². The number of methoxy groups -OCH3 is 1. The normalized spacial score (nSPS) is 13.6. The quantitative estimate of drug-likeness (QED) is 0.642. The second kappa shape index (κ2) is 8.82. The van der Waals surface area contributed by atoms with E-state index in [0.717, 1.165) is 17.5 Å². The van der Waals surface area contributed by atoms with Crippen molar-refractivity contribution in [2.24, 2.45) is 5.92 Å². The zero-order valence-corrected chi connectivity index (χ0v) is 17.2. The number of nitrogens with zero attached hydrogens (tertiary/aromatic N) is 1. The van der Waals surface area contributed by atoms with Crippen molar-refractivity contribution in [3.63, 3.8) is 0 Å². The Morgan fingerprint density at radius 3 is 2.71 bits per heavy atom. The van der Waals surface area contributed by atoms with E-state index in [-0.39, 0.29) is 10.9 Å². The van der Waals surface area contributed by atoms with Crippen LogP contribution in [0.1, 0.15) is 41.8 Å². The summed E-state index contributed by atoms with van der Waals surface area (Å²) in [6.07, 6.45) is 1.60. The molecular formula is C22H25ClFNO3. The summed E-state index contributed by atoms with van der Waals surface area (Å²) >= 11 is 5.88. The van der Waals surface area contributed by atoms with Crippen molar-refractivity contribution in [1.29, 1.82) is 0 Å². The van der Waals surface area contributed by atoms with Crippen LogP contribution in [0.2, 0.25) is 5.02 Å². The molecule has 0 aromatic heterocycles. The topological polar surface area (TPSA) is 38.8 Å². The van der Waals surface area contributed by atoms with Gasteiger partial charge in [-0.1, -0.05) is 31.5 Å². The van der Waals surface area contributed by atoms with Crippen molar-refractivity contribution >= 4 is 17.5 Å². The minimum atomic E-state index is -0.464. The van der Waals surface area contributed by atoms with Crippen molar-refractivity contribution in [3.8, 4) is 11.5 Å². The Morgan fingerprint density at radius 1 is 1.25 bits per heavy atom. The molecule has 6 heteroatoms. The molecule has 2 aromatic carbocycles. The lowest BCUT2D eigenvalue weighted by Crippen LogP contribution is -2.37. The lowest BCUT2D eigenvalue weighted by atomic mass is 9.97. The highest BCUT2D eigenvalue weighted by Gasteiger charge is 2.29. The first kappa shape index (κ1) is 20.5. The molecule has 1 amide bonds. The summed E-state index contributed by atoms with van der Waals surface area (Å²) in [5, 5.41) is 0.0600. The molecule has 0 saturated carbocycles. The maximum absolute atomic E-state index is 13.4. The molecule has 0 N–H and O–H groups in total. The van der Waals surface area contributed by atoms with Crippen LogP contribution < -0.4 is 9.47 Å². The maximum Gasteiger partial charge on any atom is 0.258 e. The van der Waals surface area contributed by atoms with Gasteiger partial charge in [-0.3, -0.25) is 4.79 Å². The Labute approximate surface area is 170 Å². The second-order valence-corrected chi connectivity index (χ2v) is 7.82. The van der Waals surface area contributed by atoms with E-state index in [2.05, 4.69) is 13.8 Å². The molecule has 0 saturated heterocycles. The molecule has 1 aliphatic heterocycles. The van der Waals surface area contributed by atoms with E-state index in [1.165, 1.54) is 6.07 Å². The summed E-state index contributed by atoms with van der Waals surface area (Å²) in [6, 6.07) is 8.21. The number of hydrogen-bond donors (Lipinski definition) is 0. The van der Waals surface area contributed by atoms with Crippen LogP contribution in [0.15, 0.2) is 30.3 Å². The van der Waals surface area contributed by atoms with Crippen molar-refractivity contribution < 1.29 is 18.7 Å². The van der Waals surface area contributed by atoms with Gasteiger partial charge in [0.05, 0.1) is 24.3 Å². The zero-order valence-electron chi connectivity index (χ0n) is 16.4. The largest absolute Gasteiger partial charge is 0.497 e. The molecule has 0 fully saturated rings. The van der Waals surface area contributed by atoms with Gasteiger partial charge in [0.2, 0.25) is 0 Å². The summed E-state index contributed by atoms with van der Waals surface area (Å²) < 4.78 is 24.7. The number of ether oxygens (including phenoxy) is 2. The lowest BCUT2D eigenvalue weighted by molar-refractivity contribution is 0.0721. The molecule has 3 rings (SSSR count). The van der Waals surface area contributed by atoms with Crippen LogP contribution in [0.3, 0.4) is 0 Å². The molecule has 4 nitrogen and oxygen atoms in total. The molecular weight excluding hydrogens is 381 g/mol. The zero-order chi connectivity index (χ0) is 20.3. The molecule has 0 atom stereocenters. The number of rotatable bonds is 7. The van der Waals surface area contributed by atoms with Gasteiger partial charge in [-0.2, -0.15) is 0 Å². The van der Waals surface area contributed by atoms with E-state index in [1.807, 2.05) is 6.07 Å². The number of hydrogen-bond acceptors (Lipinski definition) is 3. The number of fused-ring (bicyclic) bond motifs is 1. The summed E-state index contributed by atoms with van der Waals surface area (Å²) in [6.45, 7) is 5.74. The fourth-order valence-electron chi connectivity index (χ4n) is 3.25. The minimum Gasteiger partial charge on any atom is -0.497 e. The van der Waals surface area contributed by atoms with Gasteiger partial charge in [-0.25, -0.2) is 4.39 Å². The Bertz CT molecular complexity index is 869. The van der Waals surface area contributed by atoms with Crippen molar-refractivity contribution in [3.05, 3.63) is 57.9 Å². The van der Waals surface area contributed by atoms with E-state index in [9.17, 15) is 9.18 Å².